The highest BCUT2D eigenvalue weighted by Gasteiger charge is 2.69. The summed E-state index contributed by atoms with van der Waals surface area (Å²) in [5, 5.41) is 0. The number of carbonyl (C=O) groups is 4. The highest BCUT2D eigenvalue weighted by molar-refractivity contribution is 5.94. The number of carbonyl (C=O) groups excluding carboxylic acids is 4. The van der Waals surface area contributed by atoms with Gasteiger partial charge in [-0.1, -0.05) is 45.9 Å². The summed E-state index contributed by atoms with van der Waals surface area (Å²) in [6.07, 6.45) is 5.54. The summed E-state index contributed by atoms with van der Waals surface area (Å²) in [6.45, 7) is 13.3. The predicted octanol–water partition coefficient (Wildman–Crippen LogP) is 5.14. The van der Waals surface area contributed by atoms with Crippen LogP contribution in [0.25, 0.3) is 0 Å². The Balaban J connectivity index is 1.66. The third-order valence-electron chi connectivity index (χ3n) is 10.4. The number of ketones is 1. The Kier molecular flexibility index (Phi) is 6.47. The minimum absolute atomic E-state index is 0.0188. The van der Waals surface area contributed by atoms with Gasteiger partial charge in [-0.3, -0.25) is 14.4 Å². The maximum Gasteiger partial charge on any atom is 0.333 e. The fraction of sp³-hybridized carbons (Fsp3) is 0.613. The number of allylic oxidation sites excluding steroid dienone is 1. The van der Waals surface area contributed by atoms with E-state index in [9.17, 15) is 19.2 Å². The van der Waals surface area contributed by atoms with Crippen molar-refractivity contribution >= 4 is 23.7 Å². The molecule has 0 amide bonds. The van der Waals surface area contributed by atoms with Gasteiger partial charge in [-0.05, 0) is 43.6 Å². The van der Waals surface area contributed by atoms with Crippen LogP contribution in [0, 0.1) is 39.9 Å². The van der Waals surface area contributed by atoms with Crippen LogP contribution in [0.1, 0.15) is 72.0 Å². The van der Waals surface area contributed by atoms with E-state index in [0.717, 1.165) is 17.6 Å². The smallest absolute Gasteiger partial charge is 0.333 e. The monoisotopic (exact) mass is 538 g/mol. The molecule has 39 heavy (non-hydrogen) atoms. The summed E-state index contributed by atoms with van der Waals surface area (Å²) in [4.78, 5) is 52.9. The van der Waals surface area contributed by atoms with Gasteiger partial charge in [0.05, 0.1) is 32.0 Å². The molecule has 8 heteroatoms. The summed E-state index contributed by atoms with van der Waals surface area (Å²) < 4.78 is 22.3. The van der Waals surface area contributed by atoms with Gasteiger partial charge in [-0.2, -0.15) is 0 Å². The van der Waals surface area contributed by atoms with Crippen molar-refractivity contribution in [2.24, 2.45) is 39.9 Å². The molecular weight excluding hydrogens is 500 g/mol. The normalized spacial score (nSPS) is 38.5. The molecular formula is C31H38O8. The van der Waals surface area contributed by atoms with Crippen molar-refractivity contribution in [1.82, 2.24) is 0 Å². The van der Waals surface area contributed by atoms with Crippen LogP contribution in [-0.2, 0) is 33.4 Å². The van der Waals surface area contributed by atoms with Crippen LogP contribution in [0.2, 0.25) is 0 Å². The molecule has 0 N–H and O–H groups in total. The van der Waals surface area contributed by atoms with Gasteiger partial charge in [0.2, 0.25) is 0 Å². The van der Waals surface area contributed by atoms with Crippen LogP contribution >= 0.6 is 0 Å². The number of methoxy groups -OCH3 is 1. The minimum Gasteiger partial charge on any atom is -0.472 e. The number of ether oxygens (including phenoxy) is 3. The summed E-state index contributed by atoms with van der Waals surface area (Å²) in [5.74, 6) is -2.82. The molecule has 5 rings (SSSR count). The Bertz CT molecular complexity index is 1260. The molecule has 1 aromatic rings. The van der Waals surface area contributed by atoms with Gasteiger partial charge in [0.15, 0.2) is 0 Å². The molecule has 1 aliphatic heterocycles. The highest BCUT2D eigenvalue weighted by Crippen LogP contribution is 2.68. The number of rotatable bonds is 5. The molecule has 1 aromatic heterocycles. The summed E-state index contributed by atoms with van der Waals surface area (Å²) in [7, 11) is 1.34. The van der Waals surface area contributed by atoms with E-state index in [1.807, 2.05) is 32.9 Å². The first kappa shape index (κ1) is 27.4. The second-order valence-corrected chi connectivity index (χ2v) is 12.9. The largest absolute Gasteiger partial charge is 0.472 e. The Morgan fingerprint density at radius 2 is 1.87 bits per heavy atom. The Labute approximate surface area is 229 Å². The highest BCUT2D eigenvalue weighted by atomic mass is 16.6. The van der Waals surface area contributed by atoms with Crippen molar-refractivity contribution in [2.75, 3.05) is 7.11 Å². The number of hydrogen-bond donors (Lipinski definition) is 0. The van der Waals surface area contributed by atoms with Crippen LogP contribution in [0.15, 0.2) is 46.8 Å². The third kappa shape index (κ3) is 3.93. The van der Waals surface area contributed by atoms with Gasteiger partial charge in [-0.25, -0.2) is 4.79 Å². The first-order valence-corrected chi connectivity index (χ1v) is 13.7. The van der Waals surface area contributed by atoms with Crippen LogP contribution in [0.4, 0.5) is 0 Å². The maximum atomic E-state index is 14.4. The van der Waals surface area contributed by atoms with Crippen LogP contribution in [0.3, 0.4) is 0 Å². The average Bonchev–Trinajstić information content (AvgIpc) is 3.41. The third-order valence-corrected chi connectivity index (χ3v) is 10.4. The van der Waals surface area contributed by atoms with E-state index < -0.39 is 52.2 Å². The number of esters is 3. The molecule has 2 saturated carbocycles. The molecule has 0 radical (unpaired) electrons. The topological polar surface area (TPSA) is 109 Å². The summed E-state index contributed by atoms with van der Waals surface area (Å²) >= 11 is 0. The van der Waals surface area contributed by atoms with Crippen molar-refractivity contribution in [3.8, 4) is 0 Å². The van der Waals surface area contributed by atoms with Gasteiger partial charge in [-0.15, -0.1) is 0 Å². The molecule has 8 nitrogen and oxygen atoms in total. The first-order valence-electron chi connectivity index (χ1n) is 13.7. The lowest BCUT2D eigenvalue weighted by atomic mass is 9.40. The van der Waals surface area contributed by atoms with Gasteiger partial charge in [0.1, 0.15) is 18.0 Å². The van der Waals surface area contributed by atoms with Gasteiger partial charge in [0, 0.05) is 33.8 Å². The maximum absolute atomic E-state index is 14.4. The molecule has 2 heterocycles. The Morgan fingerprint density at radius 3 is 2.49 bits per heavy atom. The molecule has 4 aliphatic rings. The van der Waals surface area contributed by atoms with Gasteiger partial charge >= 0.3 is 17.9 Å². The van der Waals surface area contributed by atoms with Crippen molar-refractivity contribution in [2.45, 2.75) is 72.5 Å². The molecule has 0 unspecified atom stereocenters. The first-order chi connectivity index (χ1) is 18.3. The van der Waals surface area contributed by atoms with Crippen molar-refractivity contribution < 1.29 is 37.8 Å². The second kappa shape index (κ2) is 9.20. The van der Waals surface area contributed by atoms with Crippen molar-refractivity contribution in [1.29, 1.82) is 0 Å². The quantitative estimate of drug-likeness (QED) is 0.219. The summed E-state index contributed by atoms with van der Waals surface area (Å²) in [6, 6.07) is 1.83. The molecule has 0 spiro atoms. The fourth-order valence-electron chi connectivity index (χ4n) is 8.37. The average molecular weight is 539 g/mol. The Morgan fingerprint density at radius 1 is 1.15 bits per heavy atom. The van der Waals surface area contributed by atoms with E-state index in [2.05, 4.69) is 13.5 Å². The Hall–Kier alpha value is -3.16. The van der Waals surface area contributed by atoms with Crippen molar-refractivity contribution in [3.63, 3.8) is 0 Å². The number of cyclic esters (lactones) is 1. The molecule has 1 saturated heterocycles. The molecule has 3 aliphatic carbocycles. The zero-order valence-corrected chi connectivity index (χ0v) is 23.6. The van der Waals surface area contributed by atoms with E-state index >= 15 is 0 Å². The zero-order valence-electron chi connectivity index (χ0n) is 23.6. The number of Topliss-reactive ketones (excluding diaryl/α,β-unsaturated/α-hetero) is 1. The number of fused-ring (bicyclic) bond motifs is 6. The van der Waals surface area contributed by atoms with Crippen LogP contribution < -0.4 is 0 Å². The van der Waals surface area contributed by atoms with Crippen LogP contribution in [-0.4, -0.2) is 36.9 Å². The summed E-state index contributed by atoms with van der Waals surface area (Å²) in [5.41, 5.74) is 0.0314. The van der Waals surface area contributed by atoms with Gasteiger partial charge in [0.25, 0.3) is 0 Å². The molecule has 3 fully saturated rings. The standard InChI is InChI=1S/C31H38O8/c1-16(2)28(35)39-27-19-12-18-20(31(6,25(19)34)22(29(27,3)4)14-23(32)36-7)8-10-30(5)21(18)13-24(33)38-26(30)17-9-11-37-15-17/h9,11-12,15,19-22,26-27H,1,8,10,13-14H2,2-7H3/t19-,20+,21+,22+,26+,27-,30-,31-/m0/s1. The lowest BCUT2D eigenvalue weighted by Gasteiger charge is -2.63. The molecule has 2 bridgehead atoms. The molecule has 8 atom stereocenters. The predicted molar refractivity (Wildman–Crippen MR) is 140 cm³/mol. The lowest BCUT2D eigenvalue weighted by molar-refractivity contribution is -0.195. The molecule has 0 aromatic carbocycles. The van der Waals surface area contributed by atoms with E-state index in [-0.39, 0.29) is 42.0 Å². The lowest BCUT2D eigenvalue weighted by Crippen LogP contribution is -2.66. The van der Waals surface area contributed by atoms with E-state index in [1.54, 1.807) is 19.5 Å². The van der Waals surface area contributed by atoms with Crippen LogP contribution in [0.5, 0.6) is 0 Å². The molecule has 210 valence electrons. The SMILES string of the molecule is C=C(C)C(=O)O[C@H]1[C@H]2C=C3[C@H]4CC(=O)O[C@H](c5ccoc5)[C@@]4(C)CC[C@H]3[C@](C)(C2=O)[C@H](CC(=O)OC)C1(C)C. The van der Waals surface area contributed by atoms with Crippen molar-refractivity contribution in [3.05, 3.63) is 48.0 Å². The fourth-order valence-corrected chi connectivity index (χ4v) is 8.37. The second-order valence-electron chi connectivity index (χ2n) is 12.9. The van der Waals surface area contributed by atoms with E-state index in [0.29, 0.717) is 6.42 Å². The zero-order chi connectivity index (χ0) is 28.5. The minimum atomic E-state index is -0.910. The van der Waals surface area contributed by atoms with E-state index in [1.165, 1.54) is 7.11 Å². The number of hydrogen-bond acceptors (Lipinski definition) is 8. The van der Waals surface area contributed by atoms with E-state index in [4.69, 9.17) is 18.6 Å². The number of furan rings is 1. The van der Waals surface area contributed by atoms with Gasteiger partial charge < -0.3 is 18.6 Å².